The van der Waals surface area contributed by atoms with Gasteiger partial charge in [0.1, 0.15) is 12.4 Å². The van der Waals surface area contributed by atoms with E-state index in [1.807, 2.05) is 10.8 Å². The summed E-state index contributed by atoms with van der Waals surface area (Å²) in [4.78, 5) is 2.98. The Labute approximate surface area is 142 Å². The van der Waals surface area contributed by atoms with E-state index in [4.69, 9.17) is 22.7 Å². The third-order valence-corrected chi connectivity index (χ3v) is 3.93. The lowest BCUT2D eigenvalue weighted by atomic mass is 10.0. The van der Waals surface area contributed by atoms with Crippen molar-refractivity contribution in [3.05, 3.63) is 46.0 Å². The number of nitrogens with one attached hydrogen (secondary N) is 1. The molecule has 0 aliphatic carbocycles. The van der Waals surface area contributed by atoms with Gasteiger partial charge in [0.15, 0.2) is 16.3 Å². The molecule has 4 nitrogen and oxygen atoms in total. The molecule has 8 heteroatoms. The van der Waals surface area contributed by atoms with Gasteiger partial charge in [0, 0.05) is 36.4 Å². The number of ether oxygens (including phenoxy) is 1. The van der Waals surface area contributed by atoms with Crippen LogP contribution in [0.2, 0.25) is 0 Å². The molecule has 2 aromatic rings. The van der Waals surface area contributed by atoms with Gasteiger partial charge in [-0.1, -0.05) is 0 Å². The van der Waals surface area contributed by atoms with Crippen LogP contribution in [0, 0.1) is 16.4 Å². The van der Waals surface area contributed by atoms with E-state index in [-0.39, 0.29) is 28.8 Å². The summed E-state index contributed by atoms with van der Waals surface area (Å²) in [6, 6.07) is 2.05. The quantitative estimate of drug-likeness (QED) is 0.790. The highest BCUT2D eigenvalue weighted by Crippen LogP contribution is 2.33. The molecule has 120 valence electrons. The number of imidazole rings is 1. The summed E-state index contributed by atoms with van der Waals surface area (Å²) in [7, 11) is 0. The number of rotatable bonds is 3. The summed E-state index contributed by atoms with van der Waals surface area (Å²) >= 11 is 5.28. The van der Waals surface area contributed by atoms with Crippen molar-refractivity contribution in [2.24, 2.45) is 5.73 Å². The summed E-state index contributed by atoms with van der Waals surface area (Å²) in [6.45, 7) is 0.791. The van der Waals surface area contributed by atoms with Gasteiger partial charge in [0.25, 0.3) is 0 Å². The Kier molecular flexibility index (Phi) is 5.36. The van der Waals surface area contributed by atoms with Gasteiger partial charge in [-0.25, -0.2) is 8.78 Å². The molecule has 0 fully saturated rings. The van der Waals surface area contributed by atoms with Crippen molar-refractivity contribution in [1.82, 2.24) is 9.55 Å². The number of hydrogen-bond acceptors (Lipinski definition) is 3. The summed E-state index contributed by atoms with van der Waals surface area (Å²) in [5.74, 6) is -1.13. The van der Waals surface area contributed by atoms with Gasteiger partial charge < -0.3 is 20.0 Å². The molecule has 1 aliphatic rings. The summed E-state index contributed by atoms with van der Waals surface area (Å²) in [6.07, 6.45) is 2.96. The number of fused-ring (bicyclic) bond motifs is 1. The van der Waals surface area contributed by atoms with Crippen LogP contribution in [0.4, 0.5) is 8.78 Å². The Morgan fingerprint density at radius 3 is 2.91 bits per heavy atom. The number of nitrogens with two attached hydrogens (primary N) is 1. The minimum absolute atomic E-state index is 0. The number of nitrogens with zero attached hydrogens (tertiary/aromatic N) is 1. The minimum Gasteiger partial charge on any atom is -0.488 e. The van der Waals surface area contributed by atoms with Crippen LogP contribution in [0.3, 0.4) is 0 Å². The van der Waals surface area contributed by atoms with Crippen LogP contribution in [-0.2, 0) is 12.8 Å². The SMILES string of the molecule is Br.NCCc1c[nH]c(=S)n1[C@H]1COc2c(F)cc(F)cc2C1. The highest BCUT2D eigenvalue weighted by molar-refractivity contribution is 8.93. The number of H-pyrrole nitrogens is 1. The maximum Gasteiger partial charge on any atom is 0.177 e. The molecule has 0 radical (unpaired) electrons. The zero-order valence-electron chi connectivity index (χ0n) is 11.6. The fourth-order valence-corrected chi connectivity index (χ4v) is 3.07. The van der Waals surface area contributed by atoms with E-state index < -0.39 is 11.6 Å². The molecule has 0 amide bonds. The first-order chi connectivity index (χ1) is 10.1. The number of aromatic amines is 1. The van der Waals surface area contributed by atoms with E-state index in [0.717, 1.165) is 11.8 Å². The Morgan fingerprint density at radius 2 is 2.18 bits per heavy atom. The Morgan fingerprint density at radius 1 is 1.41 bits per heavy atom. The molecule has 0 unspecified atom stereocenters. The van der Waals surface area contributed by atoms with Crippen LogP contribution in [0.15, 0.2) is 18.3 Å². The van der Waals surface area contributed by atoms with Gasteiger partial charge in [-0.15, -0.1) is 17.0 Å². The first kappa shape index (κ1) is 17.1. The van der Waals surface area contributed by atoms with Gasteiger partial charge in [-0.3, -0.25) is 0 Å². The van der Waals surface area contributed by atoms with Crippen LogP contribution in [0.25, 0.3) is 0 Å². The molecule has 1 aliphatic heterocycles. The maximum absolute atomic E-state index is 13.7. The van der Waals surface area contributed by atoms with E-state index in [9.17, 15) is 8.78 Å². The number of benzene rings is 1. The summed E-state index contributed by atoms with van der Waals surface area (Å²) in [5.41, 5.74) is 7.08. The van der Waals surface area contributed by atoms with E-state index in [1.54, 1.807) is 0 Å². The second-order valence-corrected chi connectivity index (χ2v) is 5.43. The van der Waals surface area contributed by atoms with Crippen molar-refractivity contribution in [2.75, 3.05) is 13.2 Å². The normalized spacial score (nSPS) is 16.6. The van der Waals surface area contributed by atoms with Crippen LogP contribution in [0.1, 0.15) is 17.3 Å². The topological polar surface area (TPSA) is 56.0 Å². The highest BCUT2D eigenvalue weighted by atomic mass is 79.9. The predicted octanol–water partition coefficient (Wildman–Crippen LogP) is 3.08. The van der Waals surface area contributed by atoms with Crippen LogP contribution in [0.5, 0.6) is 5.75 Å². The van der Waals surface area contributed by atoms with E-state index >= 15 is 0 Å². The molecule has 0 bridgehead atoms. The van der Waals surface area contributed by atoms with Crippen molar-refractivity contribution in [3.8, 4) is 5.75 Å². The lowest BCUT2D eigenvalue weighted by molar-refractivity contribution is 0.210. The monoisotopic (exact) mass is 391 g/mol. The standard InChI is InChI=1S/C14H15F2N3OS.BrH/c15-9-3-8-4-11(7-20-13(8)12(16)5-9)19-10(1-2-17)6-18-14(19)21;/h3,5-6,11H,1-2,4,7,17H2,(H,18,21);1H/t11-;/m1./s1. The maximum atomic E-state index is 13.7. The smallest absolute Gasteiger partial charge is 0.177 e. The first-order valence-electron chi connectivity index (χ1n) is 6.69. The molecule has 3 N–H and O–H groups in total. The Hall–Kier alpha value is -1.25. The van der Waals surface area contributed by atoms with E-state index in [1.165, 1.54) is 6.07 Å². The lowest BCUT2D eigenvalue weighted by Crippen LogP contribution is -2.27. The van der Waals surface area contributed by atoms with Crippen molar-refractivity contribution in [1.29, 1.82) is 0 Å². The zero-order valence-corrected chi connectivity index (χ0v) is 14.2. The van der Waals surface area contributed by atoms with Crippen LogP contribution >= 0.6 is 29.2 Å². The largest absolute Gasteiger partial charge is 0.488 e. The zero-order chi connectivity index (χ0) is 15.0. The van der Waals surface area contributed by atoms with Crippen molar-refractivity contribution in [3.63, 3.8) is 0 Å². The molecule has 3 rings (SSSR count). The third kappa shape index (κ3) is 3.09. The number of halogens is 3. The molecule has 0 spiro atoms. The van der Waals surface area contributed by atoms with Crippen molar-refractivity contribution < 1.29 is 13.5 Å². The third-order valence-electron chi connectivity index (χ3n) is 3.62. The average molecular weight is 392 g/mol. The van der Waals surface area contributed by atoms with Gasteiger partial charge in [0.05, 0.1) is 6.04 Å². The highest BCUT2D eigenvalue weighted by Gasteiger charge is 2.26. The molecular weight excluding hydrogens is 376 g/mol. The van der Waals surface area contributed by atoms with Gasteiger partial charge in [-0.2, -0.15) is 0 Å². The Bertz CT molecular complexity index is 731. The van der Waals surface area contributed by atoms with Gasteiger partial charge in [-0.05, 0) is 24.8 Å². The second-order valence-electron chi connectivity index (χ2n) is 5.04. The fraction of sp³-hybridized carbons (Fsp3) is 0.357. The van der Waals surface area contributed by atoms with Crippen LogP contribution in [-0.4, -0.2) is 22.7 Å². The molecule has 0 saturated carbocycles. The molecule has 2 heterocycles. The van der Waals surface area contributed by atoms with Crippen molar-refractivity contribution in [2.45, 2.75) is 18.9 Å². The van der Waals surface area contributed by atoms with Crippen molar-refractivity contribution >= 4 is 29.2 Å². The Balaban J connectivity index is 0.00000176. The van der Waals surface area contributed by atoms with E-state index in [2.05, 4.69) is 4.98 Å². The predicted molar refractivity (Wildman–Crippen MR) is 87.3 cm³/mol. The molecule has 1 atom stereocenters. The second kappa shape index (κ2) is 6.89. The first-order valence-corrected chi connectivity index (χ1v) is 7.10. The number of hydrogen-bond donors (Lipinski definition) is 2. The van der Waals surface area contributed by atoms with Gasteiger partial charge in [0.2, 0.25) is 0 Å². The average Bonchev–Trinajstić information content (AvgIpc) is 2.79. The minimum atomic E-state index is -0.664. The lowest BCUT2D eigenvalue weighted by Gasteiger charge is -2.27. The molecular formula is C14H16BrF2N3OS. The van der Waals surface area contributed by atoms with Crippen LogP contribution < -0.4 is 10.5 Å². The summed E-state index contributed by atoms with van der Waals surface area (Å²) in [5, 5.41) is 0. The van der Waals surface area contributed by atoms with E-state index in [0.29, 0.717) is 36.3 Å². The fourth-order valence-electron chi connectivity index (χ4n) is 2.74. The number of aromatic nitrogens is 2. The molecule has 0 saturated heterocycles. The molecule has 1 aromatic heterocycles. The van der Waals surface area contributed by atoms with Gasteiger partial charge >= 0.3 is 0 Å². The molecule has 22 heavy (non-hydrogen) atoms. The molecule has 1 aromatic carbocycles. The summed E-state index contributed by atoms with van der Waals surface area (Å²) < 4.78 is 35.0.